The molecule has 0 N–H and O–H groups in total. The standard InChI is InChI=1S/C24BF20.C24H25N2O/c26-5-1(6(27)14(35)21(42)13(5)34)25(2-7(28)15(36)22(43)16(37)8(2)29,3-9(30)17(38)23(44)18(39)10(3)31)4-11(32)19(40)24(45)20(41)12(4)33;27-24(22-9-5-2-6-10-22)18-26-16-15-25-23(17-26)21-13-11-20(12-14-21)19-7-3-1-4-8-19/h;2,5-6,9-17,19H,1,3-4,7-8,18H2/q-1;+1. The van der Waals surface area contributed by atoms with Gasteiger partial charge in [-0.25, -0.2) is 92.8 Å². The van der Waals surface area contributed by atoms with Crippen LogP contribution < -0.4 is 26.4 Å². The number of aromatic nitrogens is 2. The number of benzene rings is 6. The SMILES string of the molecule is Fc1c(F)c(F)c([B-](c2c(F)c(F)c(F)c(F)c2F)(c2c(F)c(F)c(F)c(F)c2F)c2c(F)c(F)c(F)c(F)c2F)c(F)c1F.O=C(C[n+]1ccnc(-c2ccc(C3CCCCC3)cc2)c1)c1ccccc1. The van der Waals surface area contributed by atoms with Crippen molar-refractivity contribution in [2.45, 2.75) is 44.6 Å². The van der Waals surface area contributed by atoms with Crippen molar-refractivity contribution in [3.8, 4) is 11.3 Å². The van der Waals surface area contributed by atoms with Crippen molar-refractivity contribution >= 4 is 33.8 Å². The fraction of sp³-hybridized carbons (Fsp3) is 0.146. The van der Waals surface area contributed by atoms with E-state index in [0.29, 0.717) is 12.5 Å². The first-order valence-corrected chi connectivity index (χ1v) is 20.8. The molecule has 24 heteroatoms. The molecule has 6 aromatic carbocycles. The van der Waals surface area contributed by atoms with Crippen molar-refractivity contribution in [3.63, 3.8) is 0 Å². The number of carbonyl (C=O) groups is 1. The lowest BCUT2D eigenvalue weighted by molar-refractivity contribution is -0.683. The van der Waals surface area contributed by atoms with E-state index in [4.69, 9.17) is 0 Å². The van der Waals surface area contributed by atoms with E-state index in [1.54, 1.807) is 6.20 Å². The lowest BCUT2D eigenvalue weighted by Gasteiger charge is -2.44. The number of nitrogens with zero attached hydrogens (tertiary/aromatic N) is 2. The van der Waals surface area contributed by atoms with E-state index in [-0.39, 0.29) is 5.78 Å². The highest BCUT2D eigenvalue weighted by atomic mass is 19.2. The van der Waals surface area contributed by atoms with Crippen LogP contribution in [0.25, 0.3) is 11.3 Å². The maximum atomic E-state index is 15.4. The van der Waals surface area contributed by atoms with Gasteiger partial charge in [-0.15, -0.1) is 21.9 Å². The van der Waals surface area contributed by atoms with Crippen molar-refractivity contribution in [1.29, 1.82) is 0 Å². The normalized spacial score (nSPS) is 13.1. The zero-order valence-corrected chi connectivity index (χ0v) is 35.7. The van der Waals surface area contributed by atoms with Crippen LogP contribution in [-0.2, 0) is 6.54 Å². The number of ketones is 1. The van der Waals surface area contributed by atoms with Gasteiger partial charge < -0.3 is 0 Å². The molecule has 376 valence electrons. The summed E-state index contributed by atoms with van der Waals surface area (Å²) in [6.07, 6.45) is 5.05. The maximum absolute atomic E-state index is 15.4. The summed E-state index contributed by atoms with van der Waals surface area (Å²) in [6, 6.07) is 18.2. The Morgan fingerprint density at radius 1 is 0.444 bits per heavy atom. The van der Waals surface area contributed by atoms with Crippen LogP contribution in [0.4, 0.5) is 87.8 Å². The van der Waals surface area contributed by atoms with Gasteiger partial charge in [-0.3, -0.25) is 4.79 Å². The fourth-order valence-corrected chi connectivity index (χ4v) is 8.80. The Morgan fingerprint density at radius 2 is 0.778 bits per heavy atom. The Labute approximate surface area is 391 Å². The summed E-state index contributed by atoms with van der Waals surface area (Å²) in [5, 5.41) is 0. The molecule has 0 atom stereocenters. The largest absolute Gasteiger partial charge is 0.287 e. The molecule has 0 saturated heterocycles. The van der Waals surface area contributed by atoms with E-state index < -0.39 is 144 Å². The minimum atomic E-state index is -7.22. The third-order valence-electron chi connectivity index (χ3n) is 12.2. The molecule has 1 fully saturated rings. The maximum Gasteiger partial charge on any atom is 0.227 e. The zero-order chi connectivity index (χ0) is 52.8. The summed E-state index contributed by atoms with van der Waals surface area (Å²) < 4.78 is 296. The smallest absolute Gasteiger partial charge is 0.227 e. The molecule has 0 spiro atoms. The highest BCUT2D eigenvalue weighted by molar-refractivity contribution is 7.20. The molecule has 0 amide bonds. The highest BCUT2D eigenvalue weighted by Gasteiger charge is 2.52. The summed E-state index contributed by atoms with van der Waals surface area (Å²) in [5.74, 6) is -70.6. The molecular formula is C48H25BF20N2O. The average Bonchev–Trinajstić information content (AvgIpc) is 3.39. The van der Waals surface area contributed by atoms with Gasteiger partial charge in [-0.2, -0.15) is 4.57 Å². The molecule has 1 aromatic heterocycles. The number of rotatable bonds is 9. The van der Waals surface area contributed by atoms with Crippen LogP contribution in [0.5, 0.6) is 0 Å². The molecule has 7 aromatic rings. The molecule has 1 aliphatic rings. The number of hydrogen-bond donors (Lipinski definition) is 0. The lowest BCUT2D eigenvalue weighted by atomic mass is 9.12. The number of Topliss-reactive ketones (excluding diaryl/α,β-unsaturated/α-hetero) is 1. The molecule has 72 heavy (non-hydrogen) atoms. The minimum Gasteiger partial charge on any atom is -0.287 e. The Balaban J connectivity index is 0.000000238. The molecule has 0 unspecified atom stereocenters. The quantitative estimate of drug-likeness (QED) is 0.0361. The first-order valence-electron chi connectivity index (χ1n) is 20.8. The van der Waals surface area contributed by atoms with Crippen LogP contribution in [0, 0.1) is 116 Å². The first-order chi connectivity index (χ1) is 34.0. The van der Waals surface area contributed by atoms with Crippen LogP contribution in [0.3, 0.4) is 0 Å². The Bertz CT molecular complexity index is 2900. The van der Waals surface area contributed by atoms with Crippen LogP contribution in [-0.4, -0.2) is 16.9 Å². The lowest BCUT2D eigenvalue weighted by Crippen LogP contribution is -2.81. The van der Waals surface area contributed by atoms with Gasteiger partial charge in [0.25, 0.3) is 0 Å². The summed E-state index contributed by atoms with van der Waals surface area (Å²) in [5.41, 5.74) is -10.2. The van der Waals surface area contributed by atoms with Crippen molar-refractivity contribution in [2.75, 3.05) is 0 Å². The van der Waals surface area contributed by atoms with Gasteiger partial charge in [0.05, 0.1) is 6.20 Å². The van der Waals surface area contributed by atoms with E-state index >= 15 is 35.1 Å². The van der Waals surface area contributed by atoms with Gasteiger partial charge in [-0.1, -0.05) is 73.9 Å². The van der Waals surface area contributed by atoms with Gasteiger partial charge in [0.1, 0.15) is 58.4 Å². The Kier molecular flexibility index (Phi) is 14.9. The predicted molar refractivity (Wildman–Crippen MR) is 216 cm³/mol. The zero-order valence-electron chi connectivity index (χ0n) is 35.7. The first kappa shape index (κ1) is 52.6. The van der Waals surface area contributed by atoms with E-state index in [0.717, 1.165) is 16.8 Å². The summed E-state index contributed by atoms with van der Waals surface area (Å²) in [7, 11) is 0. The molecule has 1 heterocycles. The van der Waals surface area contributed by atoms with E-state index in [1.165, 1.54) is 37.7 Å². The second-order valence-corrected chi connectivity index (χ2v) is 16.2. The molecular weight excluding hydrogens is 1010 g/mol. The van der Waals surface area contributed by atoms with Gasteiger partial charge in [-0.05, 0) is 24.3 Å². The number of hydrogen-bond acceptors (Lipinski definition) is 2. The van der Waals surface area contributed by atoms with E-state index in [1.807, 2.05) is 47.3 Å². The Morgan fingerprint density at radius 3 is 1.12 bits per heavy atom. The molecule has 0 aliphatic heterocycles. The molecule has 3 nitrogen and oxygen atoms in total. The molecule has 8 rings (SSSR count). The van der Waals surface area contributed by atoms with Crippen molar-refractivity contribution in [1.82, 2.24) is 4.98 Å². The van der Waals surface area contributed by atoms with Crippen molar-refractivity contribution in [2.24, 2.45) is 0 Å². The fourth-order valence-electron chi connectivity index (χ4n) is 8.80. The predicted octanol–water partition coefficient (Wildman–Crippen LogP) is 10.8. The molecule has 0 radical (unpaired) electrons. The van der Waals surface area contributed by atoms with Crippen LogP contribution in [0.2, 0.25) is 0 Å². The third kappa shape index (κ3) is 8.81. The number of carbonyl (C=O) groups excluding carboxylic acids is 1. The second-order valence-electron chi connectivity index (χ2n) is 16.2. The number of halogens is 20. The van der Waals surface area contributed by atoms with Crippen LogP contribution >= 0.6 is 0 Å². The van der Waals surface area contributed by atoms with Gasteiger partial charge in [0.2, 0.25) is 12.3 Å². The molecule has 1 saturated carbocycles. The summed E-state index contributed by atoms with van der Waals surface area (Å²) in [6.45, 7) is 0.319. The average molecular weight is 1040 g/mol. The van der Waals surface area contributed by atoms with E-state index in [9.17, 15) is 57.5 Å². The van der Waals surface area contributed by atoms with Gasteiger partial charge >= 0.3 is 0 Å². The highest BCUT2D eigenvalue weighted by Crippen LogP contribution is 2.34. The summed E-state index contributed by atoms with van der Waals surface area (Å²) in [4.78, 5) is 16.9. The monoisotopic (exact) mass is 1040 g/mol. The third-order valence-corrected chi connectivity index (χ3v) is 12.2. The second kappa shape index (κ2) is 20.5. The van der Waals surface area contributed by atoms with Crippen LogP contribution in [0.15, 0.2) is 73.2 Å². The minimum absolute atomic E-state index is 0.102. The molecule has 1 aliphatic carbocycles. The molecule has 0 bridgehead atoms. The van der Waals surface area contributed by atoms with Gasteiger partial charge in [0, 0.05) is 11.1 Å². The van der Waals surface area contributed by atoms with Crippen molar-refractivity contribution in [3.05, 3.63) is 201 Å². The van der Waals surface area contributed by atoms with Crippen LogP contribution in [0.1, 0.15) is 53.9 Å². The summed E-state index contributed by atoms with van der Waals surface area (Å²) >= 11 is 0. The van der Waals surface area contributed by atoms with Gasteiger partial charge in [0.15, 0.2) is 82.2 Å². The van der Waals surface area contributed by atoms with E-state index in [2.05, 4.69) is 29.2 Å². The topological polar surface area (TPSA) is 33.8 Å². The Hall–Kier alpha value is -7.27. The van der Waals surface area contributed by atoms with Crippen molar-refractivity contribution < 1.29 is 97.2 Å².